The maximum absolute atomic E-state index is 14.6. The van der Waals surface area contributed by atoms with Crippen LogP contribution >= 0.6 is 0 Å². The van der Waals surface area contributed by atoms with Gasteiger partial charge in [-0.15, -0.1) is 0 Å². The second-order valence-corrected chi connectivity index (χ2v) is 13.4. The lowest BCUT2D eigenvalue weighted by Crippen LogP contribution is -2.54. The van der Waals surface area contributed by atoms with Crippen LogP contribution in [0.5, 0.6) is 5.75 Å². The quantitative estimate of drug-likeness (QED) is 0.176. The minimum atomic E-state index is -4.27. The monoisotopic (exact) mass is 657 g/mol. The van der Waals surface area contributed by atoms with Gasteiger partial charge in [0, 0.05) is 19.0 Å². The van der Waals surface area contributed by atoms with Gasteiger partial charge in [0.05, 0.1) is 17.2 Å². The SMILES string of the molecule is CCOc1ccccc1N(CC(=O)N(Cc1ccc(F)cc1)[C@@H](Cc1ccccc1)C(=O)NC1CCCC1)S(=O)(=O)c1ccccc1. The number of hydrogen-bond acceptors (Lipinski definition) is 5. The number of carbonyl (C=O) groups is 2. The Hall–Kier alpha value is -4.70. The van der Waals surface area contributed by atoms with Crippen LogP contribution in [-0.2, 0) is 32.6 Å². The Morgan fingerprint density at radius 2 is 1.47 bits per heavy atom. The molecular formula is C37H40FN3O5S. The van der Waals surface area contributed by atoms with Crippen LogP contribution in [0, 0.1) is 5.82 Å². The van der Waals surface area contributed by atoms with E-state index in [4.69, 9.17) is 4.74 Å². The Labute approximate surface area is 276 Å². The van der Waals surface area contributed by atoms with Gasteiger partial charge in [0.1, 0.15) is 24.2 Å². The summed E-state index contributed by atoms with van der Waals surface area (Å²) in [5.74, 6) is -1.04. The number of ether oxygens (including phenoxy) is 1. The van der Waals surface area contributed by atoms with Crippen molar-refractivity contribution >= 4 is 27.5 Å². The fraction of sp³-hybridized carbons (Fsp3) is 0.297. The van der Waals surface area contributed by atoms with Crippen molar-refractivity contribution in [2.24, 2.45) is 0 Å². The molecule has 1 saturated carbocycles. The third-order valence-electron chi connectivity index (χ3n) is 8.28. The normalized spacial score (nSPS) is 13.9. The van der Waals surface area contributed by atoms with Crippen LogP contribution in [-0.4, -0.2) is 50.4 Å². The molecule has 4 aromatic rings. The lowest BCUT2D eigenvalue weighted by atomic mass is 10.0. The zero-order chi connectivity index (χ0) is 33.2. The van der Waals surface area contributed by atoms with Gasteiger partial charge in [0.15, 0.2) is 0 Å². The zero-order valence-corrected chi connectivity index (χ0v) is 27.2. The topological polar surface area (TPSA) is 96.0 Å². The van der Waals surface area contributed by atoms with Crippen molar-refractivity contribution < 1.29 is 27.1 Å². The van der Waals surface area contributed by atoms with Crippen molar-refractivity contribution in [2.45, 2.75) is 62.6 Å². The Bertz CT molecular complexity index is 1730. The number of para-hydroxylation sites is 2. The molecule has 246 valence electrons. The van der Waals surface area contributed by atoms with Crippen LogP contribution in [0.3, 0.4) is 0 Å². The first-order valence-electron chi connectivity index (χ1n) is 15.9. The number of rotatable bonds is 14. The van der Waals surface area contributed by atoms with Gasteiger partial charge < -0.3 is 15.0 Å². The fourth-order valence-electron chi connectivity index (χ4n) is 5.88. The predicted molar refractivity (Wildman–Crippen MR) is 180 cm³/mol. The van der Waals surface area contributed by atoms with Crippen LogP contribution in [0.2, 0.25) is 0 Å². The van der Waals surface area contributed by atoms with Gasteiger partial charge in [-0.2, -0.15) is 0 Å². The van der Waals surface area contributed by atoms with E-state index in [-0.39, 0.29) is 42.1 Å². The van der Waals surface area contributed by atoms with E-state index in [1.54, 1.807) is 61.5 Å². The third-order valence-corrected chi connectivity index (χ3v) is 10.1. The Morgan fingerprint density at radius 3 is 2.13 bits per heavy atom. The first kappa shape index (κ1) is 33.7. The van der Waals surface area contributed by atoms with Crippen molar-refractivity contribution in [3.8, 4) is 5.75 Å². The van der Waals surface area contributed by atoms with Crippen LogP contribution in [0.1, 0.15) is 43.7 Å². The highest BCUT2D eigenvalue weighted by atomic mass is 32.2. The van der Waals surface area contributed by atoms with Crippen LogP contribution in [0.4, 0.5) is 10.1 Å². The largest absolute Gasteiger partial charge is 0.492 e. The molecule has 2 amide bonds. The predicted octanol–water partition coefficient (Wildman–Crippen LogP) is 6.12. The number of anilines is 1. The van der Waals surface area contributed by atoms with Gasteiger partial charge in [-0.25, -0.2) is 12.8 Å². The summed E-state index contributed by atoms with van der Waals surface area (Å²) < 4.78 is 49.3. The average molecular weight is 658 g/mol. The second-order valence-electron chi connectivity index (χ2n) is 11.6. The van der Waals surface area contributed by atoms with E-state index in [0.29, 0.717) is 11.3 Å². The molecule has 5 rings (SSSR count). The maximum atomic E-state index is 14.6. The summed E-state index contributed by atoms with van der Waals surface area (Å²) in [7, 11) is -4.27. The minimum Gasteiger partial charge on any atom is -0.492 e. The molecule has 0 aliphatic heterocycles. The van der Waals surface area contributed by atoms with Crippen LogP contribution < -0.4 is 14.4 Å². The third kappa shape index (κ3) is 8.56. The van der Waals surface area contributed by atoms with Crippen molar-refractivity contribution in [3.05, 3.63) is 126 Å². The molecule has 0 unspecified atom stereocenters. The zero-order valence-electron chi connectivity index (χ0n) is 26.4. The molecule has 1 atom stereocenters. The lowest BCUT2D eigenvalue weighted by molar-refractivity contribution is -0.140. The highest BCUT2D eigenvalue weighted by Crippen LogP contribution is 2.33. The highest BCUT2D eigenvalue weighted by molar-refractivity contribution is 7.92. The van der Waals surface area contributed by atoms with Gasteiger partial charge in [0.25, 0.3) is 10.0 Å². The molecule has 4 aromatic carbocycles. The number of sulfonamides is 1. The van der Waals surface area contributed by atoms with E-state index < -0.39 is 34.3 Å². The van der Waals surface area contributed by atoms with Crippen molar-refractivity contribution in [2.75, 3.05) is 17.5 Å². The van der Waals surface area contributed by atoms with Crippen LogP contribution in [0.25, 0.3) is 0 Å². The summed E-state index contributed by atoms with van der Waals surface area (Å²) in [6, 6.07) is 28.7. The average Bonchev–Trinajstić information content (AvgIpc) is 3.60. The number of halogens is 1. The van der Waals surface area contributed by atoms with Gasteiger partial charge in [0.2, 0.25) is 11.8 Å². The first-order valence-corrected chi connectivity index (χ1v) is 17.4. The van der Waals surface area contributed by atoms with E-state index in [2.05, 4.69) is 5.32 Å². The summed E-state index contributed by atoms with van der Waals surface area (Å²) in [6.07, 6.45) is 3.93. The number of benzene rings is 4. The van der Waals surface area contributed by atoms with Crippen molar-refractivity contribution in [1.29, 1.82) is 0 Å². The summed E-state index contributed by atoms with van der Waals surface area (Å²) in [5, 5.41) is 3.15. The molecule has 1 N–H and O–H groups in total. The Balaban J connectivity index is 1.58. The van der Waals surface area contributed by atoms with Crippen molar-refractivity contribution in [3.63, 3.8) is 0 Å². The Morgan fingerprint density at radius 1 is 0.851 bits per heavy atom. The fourth-order valence-corrected chi connectivity index (χ4v) is 7.33. The van der Waals surface area contributed by atoms with Gasteiger partial charge in [-0.1, -0.05) is 85.6 Å². The van der Waals surface area contributed by atoms with Crippen LogP contribution in [0.15, 0.2) is 114 Å². The number of carbonyl (C=O) groups excluding carboxylic acids is 2. The molecule has 47 heavy (non-hydrogen) atoms. The molecule has 10 heteroatoms. The van der Waals surface area contributed by atoms with E-state index in [1.165, 1.54) is 29.2 Å². The summed E-state index contributed by atoms with van der Waals surface area (Å²) in [5.41, 5.74) is 1.63. The minimum absolute atomic E-state index is 0.00317. The Kier molecular flexibility index (Phi) is 11.3. The molecule has 0 saturated heterocycles. The van der Waals surface area contributed by atoms with Gasteiger partial charge >= 0.3 is 0 Å². The molecule has 0 bridgehead atoms. The smallest absolute Gasteiger partial charge is 0.264 e. The first-order chi connectivity index (χ1) is 22.8. The standard InChI is InChI=1S/C37H40FN3O5S/c1-2-46-35-20-12-11-19-33(35)41(47(44,45)32-17-7-4-8-18-32)27-36(42)40(26-29-21-23-30(38)24-22-29)34(25-28-13-5-3-6-14-28)37(43)39-31-15-9-10-16-31/h3-8,11-14,17-24,31,34H,2,9-10,15-16,25-27H2,1H3,(H,39,43)/t34-/m0/s1. The molecule has 0 aromatic heterocycles. The van der Waals surface area contributed by atoms with Gasteiger partial charge in [-0.3, -0.25) is 13.9 Å². The molecule has 1 aliphatic rings. The van der Waals surface area contributed by atoms with E-state index >= 15 is 0 Å². The molecule has 0 radical (unpaired) electrons. The molecule has 8 nitrogen and oxygen atoms in total. The molecule has 0 spiro atoms. The number of nitrogens with zero attached hydrogens (tertiary/aromatic N) is 2. The maximum Gasteiger partial charge on any atom is 0.264 e. The van der Waals surface area contributed by atoms with E-state index in [9.17, 15) is 22.4 Å². The number of hydrogen-bond donors (Lipinski definition) is 1. The van der Waals surface area contributed by atoms with E-state index in [1.807, 2.05) is 30.3 Å². The summed E-state index contributed by atoms with van der Waals surface area (Å²) in [6.45, 7) is 1.42. The molecule has 0 heterocycles. The molecular weight excluding hydrogens is 617 g/mol. The van der Waals surface area contributed by atoms with E-state index in [0.717, 1.165) is 35.6 Å². The number of amides is 2. The second kappa shape index (κ2) is 15.7. The molecule has 1 aliphatic carbocycles. The number of nitrogens with one attached hydrogen (secondary N) is 1. The lowest BCUT2D eigenvalue weighted by Gasteiger charge is -2.34. The van der Waals surface area contributed by atoms with Gasteiger partial charge in [-0.05, 0) is 67.3 Å². The summed E-state index contributed by atoms with van der Waals surface area (Å²) >= 11 is 0. The summed E-state index contributed by atoms with van der Waals surface area (Å²) in [4.78, 5) is 30.2. The molecule has 1 fully saturated rings. The van der Waals surface area contributed by atoms with Crippen molar-refractivity contribution in [1.82, 2.24) is 10.2 Å². The highest BCUT2D eigenvalue weighted by Gasteiger charge is 2.36.